The Morgan fingerprint density at radius 3 is 2.46 bits per heavy atom. The average Bonchev–Trinajstić information content (AvgIpc) is 2.29. The Hall–Kier alpha value is -0.0100. The van der Waals surface area contributed by atoms with Crippen molar-refractivity contribution < 1.29 is 33.8 Å². The molecule has 13 heavy (non-hydrogen) atoms. The molecule has 1 saturated heterocycles. The van der Waals surface area contributed by atoms with Crippen LogP contribution in [-0.2, 0) is 13.8 Å². The van der Waals surface area contributed by atoms with Gasteiger partial charge in [-0.25, -0.2) is 4.57 Å². The number of phosphoric acid groups is 1. The van der Waals surface area contributed by atoms with Crippen molar-refractivity contribution in [2.75, 3.05) is 6.61 Å². The van der Waals surface area contributed by atoms with Gasteiger partial charge >= 0.3 is 7.82 Å². The lowest BCUT2D eigenvalue weighted by Gasteiger charge is -2.14. The summed E-state index contributed by atoms with van der Waals surface area (Å²) < 4.78 is 19.0. The maximum atomic E-state index is 10.2. The first-order valence-corrected chi connectivity index (χ1v) is 4.98. The van der Waals surface area contributed by atoms with Crippen molar-refractivity contribution in [2.24, 2.45) is 0 Å². The third-order valence-corrected chi connectivity index (χ3v) is 2.02. The standard InChI is InChI=1S/C5H10O7P/c6-3-1-11-4(5(3)7)2-12-13(8,9)10/h1,3-7H,2H2,(H2,8,9,10)/t3-,4+,5-/m0/s1. The van der Waals surface area contributed by atoms with Gasteiger partial charge in [-0.2, -0.15) is 0 Å². The lowest BCUT2D eigenvalue weighted by Crippen LogP contribution is -2.32. The highest BCUT2D eigenvalue weighted by Gasteiger charge is 2.36. The van der Waals surface area contributed by atoms with Gasteiger partial charge in [0.25, 0.3) is 0 Å². The van der Waals surface area contributed by atoms with Crippen molar-refractivity contribution in [3.63, 3.8) is 0 Å². The lowest BCUT2D eigenvalue weighted by atomic mass is 10.2. The van der Waals surface area contributed by atoms with Gasteiger partial charge in [-0.3, -0.25) is 4.52 Å². The Bertz CT molecular complexity index is 213. The fraction of sp³-hybridized carbons (Fsp3) is 0.800. The predicted molar refractivity (Wildman–Crippen MR) is 39.2 cm³/mol. The van der Waals surface area contributed by atoms with Gasteiger partial charge in [0.05, 0.1) is 6.61 Å². The van der Waals surface area contributed by atoms with E-state index < -0.39 is 32.7 Å². The summed E-state index contributed by atoms with van der Waals surface area (Å²) in [6, 6.07) is 0. The molecule has 1 radical (unpaired) electrons. The average molecular weight is 213 g/mol. The van der Waals surface area contributed by atoms with E-state index in [0.717, 1.165) is 6.61 Å². The van der Waals surface area contributed by atoms with Crippen LogP contribution in [0.5, 0.6) is 0 Å². The highest BCUT2D eigenvalue weighted by atomic mass is 31.2. The molecule has 0 amide bonds. The molecule has 0 aliphatic carbocycles. The number of rotatable bonds is 3. The molecular formula is C5H10O7P. The Balaban J connectivity index is 2.35. The second kappa shape index (κ2) is 4.02. The second-order valence-corrected chi connectivity index (χ2v) is 3.82. The molecule has 1 aliphatic rings. The van der Waals surface area contributed by atoms with Crippen LogP contribution in [-0.4, -0.2) is 44.9 Å². The van der Waals surface area contributed by atoms with E-state index in [2.05, 4.69) is 9.26 Å². The molecule has 8 heteroatoms. The smallest absolute Gasteiger partial charge is 0.388 e. The lowest BCUT2D eigenvalue weighted by molar-refractivity contribution is -0.00333. The molecule has 1 aliphatic heterocycles. The SMILES string of the molecule is O=P(O)(O)OC[C@H]1O[CH][C@H](O)[C@@H]1O. The van der Waals surface area contributed by atoms with Crippen molar-refractivity contribution in [3.05, 3.63) is 6.61 Å². The fourth-order valence-corrected chi connectivity index (χ4v) is 1.21. The van der Waals surface area contributed by atoms with Gasteiger partial charge in [0.2, 0.25) is 0 Å². The van der Waals surface area contributed by atoms with Crippen molar-refractivity contribution in [3.8, 4) is 0 Å². The normalized spacial score (nSPS) is 35.2. The summed E-state index contributed by atoms with van der Waals surface area (Å²) in [4.78, 5) is 16.6. The topological polar surface area (TPSA) is 116 Å². The van der Waals surface area contributed by atoms with Gasteiger partial charge in [-0.1, -0.05) is 0 Å². The zero-order valence-corrected chi connectivity index (χ0v) is 7.37. The number of aliphatic hydroxyl groups excluding tert-OH is 2. The van der Waals surface area contributed by atoms with E-state index in [4.69, 9.17) is 20.0 Å². The summed E-state index contributed by atoms with van der Waals surface area (Å²) in [6.07, 6.45) is -3.31. The Kier molecular flexibility index (Phi) is 3.42. The predicted octanol–water partition coefficient (Wildman–Crippen LogP) is -1.62. The second-order valence-electron chi connectivity index (χ2n) is 2.58. The number of phosphoric ester groups is 1. The summed E-state index contributed by atoms with van der Waals surface area (Å²) in [6.45, 7) is 0.511. The van der Waals surface area contributed by atoms with Crippen molar-refractivity contribution in [1.29, 1.82) is 0 Å². The maximum absolute atomic E-state index is 10.2. The largest absolute Gasteiger partial charge is 0.469 e. The van der Waals surface area contributed by atoms with E-state index in [9.17, 15) is 4.57 Å². The number of hydrogen-bond acceptors (Lipinski definition) is 5. The molecule has 7 nitrogen and oxygen atoms in total. The quantitative estimate of drug-likeness (QED) is 0.416. The van der Waals surface area contributed by atoms with Crippen molar-refractivity contribution in [1.82, 2.24) is 0 Å². The molecule has 1 rings (SSSR count). The maximum Gasteiger partial charge on any atom is 0.469 e. The van der Waals surface area contributed by atoms with E-state index in [0.29, 0.717) is 0 Å². The summed E-state index contributed by atoms with van der Waals surface area (Å²) in [5.41, 5.74) is 0. The van der Waals surface area contributed by atoms with Gasteiger partial charge in [0, 0.05) is 0 Å². The zero-order valence-electron chi connectivity index (χ0n) is 6.48. The van der Waals surface area contributed by atoms with Crippen LogP contribution in [0.4, 0.5) is 0 Å². The molecular weight excluding hydrogens is 203 g/mol. The zero-order chi connectivity index (χ0) is 10.1. The number of hydrogen-bond donors (Lipinski definition) is 4. The third kappa shape index (κ3) is 3.32. The molecule has 0 bridgehead atoms. The van der Waals surface area contributed by atoms with E-state index in [1.165, 1.54) is 0 Å². The van der Waals surface area contributed by atoms with Crippen LogP contribution in [0.2, 0.25) is 0 Å². The van der Waals surface area contributed by atoms with E-state index >= 15 is 0 Å². The van der Waals surface area contributed by atoms with Crippen LogP contribution in [0.3, 0.4) is 0 Å². The number of ether oxygens (including phenoxy) is 1. The van der Waals surface area contributed by atoms with Crippen LogP contribution >= 0.6 is 7.82 Å². The van der Waals surface area contributed by atoms with Crippen molar-refractivity contribution in [2.45, 2.75) is 18.3 Å². The molecule has 77 valence electrons. The molecule has 0 unspecified atom stereocenters. The minimum absolute atomic E-state index is 0.473. The van der Waals surface area contributed by atoms with E-state index in [1.807, 2.05) is 0 Å². The molecule has 0 aromatic carbocycles. The van der Waals surface area contributed by atoms with E-state index in [1.54, 1.807) is 0 Å². The third-order valence-electron chi connectivity index (χ3n) is 1.53. The van der Waals surface area contributed by atoms with Gasteiger partial charge in [-0.05, 0) is 0 Å². The molecule has 0 spiro atoms. The summed E-state index contributed by atoms with van der Waals surface area (Å²) >= 11 is 0. The van der Waals surface area contributed by atoms with Crippen LogP contribution in [0.1, 0.15) is 0 Å². The number of aliphatic hydroxyl groups is 2. The molecule has 0 aromatic rings. The van der Waals surface area contributed by atoms with E-state index in [-0.39, 0.29) is 0 Å². The molecule has 0 saturated carbocycles. The van der Waals surface area contributed by atoms with Gasteiger partial charge in [0.15, 0.2) is 0 Å². The monoisotopic (exact) mass is 213 g/mol. The first-order chi connectivity index (χ1) is 5.90. The van der Waals surface area contributed by atoms with Crippen molar-refractivity contribution >= 4 is 7.82 Å². The Labute approximate surface area is 74.1 Å². The summed E-state index contributed by atoms with van der Waals surface area (Å²) in [5, 5.41) is 18.0. The van der Waals surface area contributed by atoms with Crippen LogP contribution in [0, 0.1) is 6.61 Å². The first kappa shape index (κ1) is 11.1. The molecule has 1 fully saturated rings. The summed E-state index contributed by atoms with van der Waals surface area (Å²) in [5.74, 6) is 0. The van der Waals surface area contributed by atoms with Gasteiger partial charge in [0.1, 0.15) is 24.9 Å². The van der Waals surface area contributed by atoms with Gasteiger partial charge in [-0.15, -0.1) is 0 Å². The highest BCUT2D eigenvalue weighted by molar-refractivity contribution is 7.46. The van der Waals surface area contributed by atoms with Crippen LogP contribution < -0.4 is 0 Å². The summed E-state index contributed by atoms with van der Waals surface area (Å²) in [7, 11) is -4.55. The van der Waals surface area contributed by atoms with Crippen LogP contribution in [0.25, 0.3) is 0 Å². The minimum atomic E-state index is -4.55. The van der Waals surface area contributed by atoms with Crippen LogP contribution in [0.15, 0.2) is 0 Å². The highest BCUT2D eigenvalue weighted by Crippen LogP contribution is 2.36. The Morgan fingerprint density at radius 2 is 2.08 bits per heavy atom. The fourth-order valence-electron chi connectivity index (χ4n) is 0.871. The molecule has 3 atom stereocenters. The Morgan fingerprint density at radius 1 is 1.46 bits per heavy atom. The first-order valence-electron chi connectivity index (χ1n) is 3.45. The molecule has 1 heterocycles. The molecule has 4 N–H and O–H groups in total. The minimum Gasteiger partial charge on any atom is -0.388 e. The molecule has 0 aromatic heterocycles. The van der Waals surface area contributed by atoms with Gasteiger partial charge < -0.3 is 24.7 Å².